The first kappa shape index (κ1) is 24.5. The van der Waals surface area contributed by atoms with E-state index >= 15 is 0 Å². The number of methoxy groups -OCH3 is 1. The second-order valence-corrected chi connectivity index (χ2v) is 13.3. The molecule has 0 aromatic heterocycles. The third-order valence-electron chi connectivity index (χ3n) is 11.5. The van der Waals surface area contributed by atoms with Crippen molar-refractivity contribution in [1.82, 2.24) is 0 Å². The van der Waals surface area contributed by atoms with E-state index in [0.717, 1.165) is 42.9 Å². The maximum atomic E-state index is 12.0. The summed E-state index contributed by atoms with van der Waals surface area (Å²) in [6, 6.07) is 2.61. The molecule has 1 N–H and O–H groups in total. The molecule has 4 fully saturated rings. The number of nitriles is 1. The molecule has 4 aliphatic carbocycles. The van der Waals surface area contributed by atoms with Crippen molar-refractivity contribution in [2.24, 2.45) is 52.3 Å². The number of nitrogens with zero attached hydrogens (tertiary/aromatic N) is 1. The quantitative estimate of drug-likeness (QED) is 0.481. The Morgan fingerprint density at radius 3 is 2.44 bits per heavy atom. The molecule has 4 saturated carbocycles. The second-order valence-electron chi connectivity index (χ2n) is 13.3. The van der Waals surface area contributed by atoms with Crippen molar-refractivity contribution < 1.29 is 9.84 Å². The van der Waals surface area contributed by atoms with Crippen molar-refractivity contribution in [2.45, 2.75) is 117 Å². The minimum absolute atomic E-state index is 0.0943. The van der Waals surface area contributed by atoms with Crippen LogP contribution in [0.5, 0.6) is 0 Å². The number of fused-ring (bicyclic) bond motifs is 5. The minimum atomic E-state index is -0.891. The van der Waals surface area contributed by atoms with Crippen LogP contribution in [-0.2, 0) is 4.74 Å². The van der Waals surface area contributed by atoms with Crippen molar-refractivity contribution in [1.29, 1.82) is 5.26 Å². The lowest BCUT2D eigenvalue weighted by atomic mass is 9.41. The summed E-state index contributed by atoms with van der Waals surface area (Å²) in [4.78, 5) is 0. The van der Waals surface area contributed by atoms with E-state index in [2.05, 4.69) is 40.7 Å². The van der Waals surface area contributed by atoms with Crippen LogP contribution in [-0.4, -0.2) is 23.9 Å². The van der Waals surface area contributed by atoms with Gasteiger partial charge in [0.05, 0.1) is 23.7 Å². The summed E-state index contributed by atoms with van der Waals surface area (Å²) < 4.78 is 5.68. The maximum Gasteiger partial charge on any atom is 0.0885 e. The monoisotopic (exact) mass is 443 g/mol. The summed E-state index contributed by atoms with van der Waals surface area (Å²) in [6.45, 7) is 12.2. The number of aliphatic hydroxyl groups is 1. The number of hydrogen-bond donors (Lipinski definition) is 1. The zero-order valence-corrected chi connectivity index (χ0v) is 21.7. The predicted octanol–water partition coefficient (Wildman–Crippen LogP) is 6.99. The van der Waals surface area contributed by atoms with Gasteiger partial charge in [0.2, 0.25) is 0 Å². The van der Waals surface area contributed by atoms with E-state index in [4.69, 9.17) is 4.74 Å². The van der Waals surface area contributed by atoms with Crippen molar-refractivity contribution in [3.63, 3.8) is 0 Å². The molecule has 0 heterocycles. The first-order valence-electron chi connectivity index (χ1n) is 13.8. The Balaban J connectivity index is 1.56. The Morgan fingerprint density at radius 2 is 1.78 bits per heavy atom. The number of rotatable bonds is 6. The zero-order chi connectivity index (χ0) is 23.3. The predicted molar refractivity (Wildman–Crippen MR) is 130 cm³/mol. The van der Waals surface area contributed by atoms with Gasteiger partial charge in [-0.3, -0.25) is 0 Å². The Morgan fingerprint density at radius 1 is 1.03 bits per heavy atom. The molecule has 0 radical (unpaired) electrons. The van der Waals surface area contributed by atoms with Gasteiger partial charge < -0.3 is 9.84 Å². The summed E-state index contributed by atoms with van der Waals surface area (Å²) >= 11 is 0. The highest BCUT2D eigenvalue weighted by Crippen LogP contribution is 2.70. The average molecular weight is 444 g/mol. The first-order chi connectivity index (χ1) is 15.1. The van der Waals surface area contributed by atoms with Crippen LogP contribution in [0.2, 0.25) is 0 Å². The molecular formula is C29H49NO2. The average Bonchev–Trinajstić information content (AvgIpc) is 3.10. The smallest absolute Gasteiger partial charge is 0.0885 e. The molecule has 4 aliphatic rings. The Labute approximate surface area is 197 Å². The van der Waals surface area contributed by atoms with Crippen LogP contribution in [0.25, 0.3) is 0 Å². The highest BCUT2D eigenvalue weighted by Gasteiger charge is 2.67. The largest absolute Gasteiger partial charge is 0.388 e. The molecule has 4 rings (SSSR count). The first-order valence-corrected chi connectivity index (χ1v) is 13.8. The van der Waals surface area contributed by atoms with Crippen LogP contribution >= 0.6 is 0 Å². The zero-order valence-electron chi connectivity index (χ0n) is 21.7. The van der Waals surface area contributed by atoms with E-state index in [9.17, 15) is 10.4 Å². The summed E-state index contributed by atoms with van der Waals surface area (Å²) in [6.07, 6.45) is 13.0. The van der Waals surface area contributed by atoms with Crippen molar-refractivity contribution in [2.75, 3.05) is 7.11 Å². The van der Waals surface area contributed by atoms with Gasteiger partial charge >= 0.3 is 0 Å². The van der Waals surface area contributed by atoms with E-state index in [-0.39, 0.29) is 17.4 Å². The SMILES string of the molecule is CO[C@H]1CC[C@]2(C)[C@H]3CC[C@]4(C)[C@@H]([C@@H](C)CCCC(C)C)CC[C@H]4[C@@H]3C[C@@H](C#N)[C@@]2(O)C1. The lowest BCUT2D eigenvalue weighted by Gasteiger charge is -2.65. The molecule has 0 saturated heterocycles. The van der Waals surface area contributed by atoms with Gasteiger partial charge in [0.15, 0.2) is 0 Å². The Hall–Kier alpha value is -0.590. The molecule has 0 unspecified atom stereocenters. The van der Waals surface area contributed by atoms with Gasteiger partial charge in [-0.25, -0.2) is 0 Å². The fourth-order valence-corrected chi connectivity index (χ4v) is 9.67. The maximum absolute atomic E-state index is 12.0. The van der Waals surface area contributed by atoms with Crippen LogP contribution in [0.3, 0.4) is 0 Å². The Kier molecular flexibility index (Phi) is 6.81. The molecule has 0 amide bonds. The van der Waals surface area contributed by atoms with Crippen LogP contribution in [0.15, 0.2) is 0 Å². The lowest BCUT2D eigenvalue weighted by molar-refractivity contribution is -0.239. The van der Waals surface area contributed by atoms with Crippen molar-refractivity contribution >= 4 is 0 Å². The molecule has 3 nitrogen and oxygen atoms in total. The van der Waals surface area contributed by atoms with Crippen molar-refractivity contribution in [3.05, 3.63) is 0 Å². The standard InChI is InChI=1S/C29H49NO2/c1-19(2)8-7-9-20(3)24-10-11-25-23-16-21(18-30)29(31)17-22(32-6)12-15-28(29,5)26(23)13-14-27(24,25)4/h19-26,31H,7-17H2,1-6H3/t20-,21-,22-,23-,24+,25-,26-,27+,28+,29-/m0/s1. The Bertz CT molecular complexity index is 714. The molecule has 0 spiro atoms. The van der Waals surface area contributed by atoms with Crippen LogP contribution < -0.4 is 0 Å². The van der Waals surface area contributed by atoms with Crippen LogP contribution in [0.1, 0.15) is 105 Å². The van der Waals surface area contributed by atoms with Gasteiger partial charge in [-0.15, -0.1) is 0 Å². The van der Waals surface area contributed by atoms with Gasteiger partial charge in [0.1, 0.15) is 0 Å². The topological polar surface area (TPSA) is 53.2 Å². The molecular weight excluding hydrogens is 394 g/mol. The molecule has 0 bridgehead atoms. The lowest BCUT2D eigenvalue weighted by Crippen LogP contribution is -2.66. The van der Waals surface area contributed by atoms with E-state index < -0.39 is 5.60 Å². The van der Waals surface area contributed by atoms with E-state index in [0.29, 0.717) is 23.7 Å². The van der Waals surface area contributed by atoms with Gasteiger partial charge in [-0.05, 0) is 85.9 Å². The molecule has 3 heteroatoms. The summed E-state index contributed by atoms with van der Waals surface area (Å²) in [5, 5.41) is 22.2. The normalized spacial score (nSPS) is 49.1. The van der Waals surface area contributed by atoms with Crippen LogP contribution in [0, 0.1) is 63.6 Å². The van der Waals surface area contributed by atoms with Gasteiger partial charge in [0.25, 0.3) is 0 Å². The molecule has 10 atom stereocenters. The molecule has 0 aliphatic heterocycles. The van der Waals surface area contributed by atoms with E-state index in [1.807, 2.05) is 0 Å². The highest BCUT2D eigenvalue weighted by molar-refractivity contribution is 5.20. The number of hydrogen-bond acceptors (Lipinski definition) is 3. The molecule has 0 aromatic carbocycles. The highest BCUT2D eigenvalue weighted by atomic mass is 16.5. The van der Waals surface area contributed by atoms with E-state index in [1.54, 1.807) is 7.11 Å². The third-order valence-corrected chi connectivity index (χ3v) is 11.5. The minimum Gasteiger partial charge on any atom is -0.388 e. The summed E-state index contributed by atoms with van der Waals surface area (Å²) in [5.74, 6) is 4.09. The fourth-order valence-electron chi connectivity index (χ4n) is 9.67. The van der Waals surface area contributed by atoms with Gasteiger partial charge in [-0.2, -0.15) is 5.26 Å². The van der Waals surface area contributed by atoms with E-state index in [1.165, 1.54) is 44.9 Å². The second kappa shape index (κ2) is 8.88. The molecule has 32 heavy (non-hydrogen) atoms. The van der Waals surface area contributed by atoms with Crippen molar-refractivity contribution in [3.8, 4) is 6.07 Å². The molecule has 182 valence electrons. The summed E-state index contributed by atoms with van der Waals surface area (Å²) in [5.41, 5.74) is -0.612. The molecule has 0 aromatic rings. The number of ether oxygens (including phenoxy) is 1. The fraction of sp³-hybridized carbons (Fsp3) is 0.966. The van der Waals surface area contributed by atoms with Crippen LogP contribution in [0.4, 0.5) is 0 Å². The van der Waals surface area contributed by atoms with Gasteiger partial charge in [0, 0.05) is 18.9 Å². The van der Waals surface area contributed by atoms with Gasteiger partial charge in [-0.1, -0.05) is 53.9 Å². The summed E-state index contributed by atoms with van der Waals surface area (Å²) in [7, 11) is 1.76. The third kappa shape index (κ3) is 3.67.